The molecule has 0 radical (unpaired) electrons. The highest BCUT2D eigenvalue weighted by molar-refractivity contribution is 6.40. The van der Waals surface area contributed by atoms with Gasteiger partial charge in [-0.05, 0) is 35.9 Å². The summed E-state index contributed by atoms with van der Waals surface area (Å²) in [5.41, 5.74) is 3.41. The second-order valence-electron chi connectivity index (χ2n) is 5.75. The lowest BCUT2D eigenvalue weighted by Gasteiger charge is -2.21. The molecule has 0 saturated carbocycles. The normalized spacial score (nSPS) is 16.5. The van der Waals surface area contributed by atoms with Gasteiger partial charge in [-0.1, -0.05) is 47.5 Å². The van der Waals surface area contributed by atoms with Gasteiger partial charge in [0.1, 0.15) is 0 Å². The summed E-state index contributed by atoms with van der Waals surface area (Å²) in [4.78, 5) is 18.0. The minimum absolute atomic E-state index is 0.0131. The van der Waals surface area contributed by atoms with Crippen molar-refractivity contribution in [3.63, 3.8) is 0 Å². The lowest BCUT2D eigenvalue weighted by atomic mass is 9.96. The van der Waals surface area contributed by atoms with Crippen molar-refractivity contribution >= 4 is 40.5 Å². The number of aromatic nitrogens is 1. The number of aromatic amines is 1. The molecule has 4 rings (SSSR count). The molecule has 0 saturated heterocycles. The van der Waals surface area contributed by atoms with Gasteiger partial charge in [-0.2, -0.15) is 0 Å². The van der Waals surface area contributed by atoms with Crippen LogP contribution in [-0.2, 0) is 11.2 Å². The minimum Gasteiger partial charge on any atom is -0.365 e. The summed E-state index contributed by atoms with van der Waals surface area (Å²) in [7, 11) is 0. The summed E-state index contributed by atoms with van der Waals surface area (Å²) in [6, 6.07) is 17.0. The molecule has 1 atom stereocenters. The van der Waals surface area contributed by atoms with Crippen LogP contribution in [0.2, 0.25) is 10.0 Å². The molecule has 1 aliphatic heterocycles. The number of halogens is 2. The van der Waals surface area contributed by atoms with Crippen LogP contribution in [0, 0.1) is 0 Å². The molecule has 3 nitrogen and oxygen atoms in total. The number of nitrogens with zero attached hydrogens (tertiary/aromatic N) is 1. The highest BCUT2D eigenvalue weighted by Gasteiger charge is 2.39. The minimum atomic E-state index is -0.257. The van der Waals surface area contributed by atoms with Crippen LogP contribution in [0.15, 0.2) is 60.8 Å². The van der Waals surface area contributed by atoms with Crippen molar-refractivity contribution in [2.45, 2.75) is 12.3 Å². The largest absolute Gasteiger partial charge is 0.365 e. The van der Waals surface area contributed by atoms with Crippen molar-refractivity contribution in [1.82, 2.24) is 4.98 Å². The lowest BCUT2D eigenvalue weighted by molar-refractivity contribution is -0.118. The molecular weight excluding hydrogens is 343 g/mol. The number of H-pyrrole nitrogens is 1. The number of carbonyl (C=O) groups excluding carboxylic acids is 1. The number of rotatable bonds is 3. The maximum absolute atomic E-state index is 13.2. The zero-order valence-electron chi connectivity index (χ0n) is 12.7. The van der Waals surface area contributed by atoms with Gasteiger partial charge in [0, 0.05) is 18.3 Å². The van der Waals surface area contributed by atoms with Gasteiger partial charge in [0.15, 0.2) is 0 Å². The molecule has 1 unspecified atom stereocenters. The van der Waals surface area contributed by atoms with Crippen molar-refractivity contribution in [2.75, 3.05) is 4.90 Å². The molecular formula is C19H14Cl2N2O. The molecule has 1 N–H and O–H groups in total. The Kier molecular flexibility index (Phi) is 3.83. The topological polar surface area (TPSA) is 36.1 Å². The zero-order chi connectivity index (χ0) is 16.7. The van der Waals surface area contributed by atoms with Crippen molar-refractivity contribution in [2.24, 2.45) is 0 Å². The zero-order valence-corrected chi connectivity index (χ0v) is 14.2. The van der Waals surface area contributed by atoms with E-state index < -0.39 is 0 Å². The third kappa shape index (κ3) is 2.41. The van der Waals surface area contributed by atoms with E-state index in [-0.39, 0.29) is 11.8 Å². The van der Waals surface area contributed by atoms with Crippen LogP contribution in [0.5, 0.6) is 0 Å². The number of nitrogens with one attached hydrogen (secondary N) is 1. The fraction of sp³-hybridized carbons (Fsp3) is 0.105. The summed E-state index contributed by atoms with van der Waals surface area (Å²) in [5.74, 6) is -0.270. The number of carbonyl (C=O) groups is 1. The maximum Gasteiger partial charge on any atom is 0.239 e. The Morgan fingerprint density at radius 3 is 2.42 bits per heavy atom. The van der Waals surface area contributed by atoms with Crippen molar-refractivity contribution in [3.05, 3.63) is 82.1 Å². The number of para-hydroxylation sites is 2. The third-order valence-corrected chi connectivity index (χ3v) is 4.93. The van der Waals surface area contributed by atoms with Gasteiger partial charge in [0.2, 0.25) is 5.91 Å². The summed E-state index contributed by atoms with van der Waals surface area (Å²) >= 11 is 12.7. The van der Waals surface area contributed by atoms with Gasteiger partial charge in [-0.25, -0.2) is 0 Å². The molecule has 0 aliphatic carbocycles. The lowest BCUT2D eigenvalue weighted by Crippen LogP contribution is -2.25. The monoisotopic (exact) mass is 356 g/mol. The van der Waals surface area contributed by atoms with E-state index >= 15 is 0 Å². The maximum atomic E-state index is 13.2. The SMILES string of the molecule is O=C1C(Cc2ccc[nH]2)c2ccccc2N1c1c(Cl)cccc1Cl. The number of amides is 1. The Balaban J connectivity index is 1.83. The fourth-order valence-corrected chi connectivity index (χ4v) is 3.80. The van der Waals surface area contributed by atoms with Gasteiger partial charge in [0.05, 0.1) is 27.3 Å². The molecule has 120 valence electrons. The number of benzene rings is 2. The Morgan fingerprint density at radius 1 is 0.958 bits per heavy atom. The predicted octanol–water partition coefficient (Wildman–Crippen LogP) is 5.33. The van der Waals surface area contributed by atoms with Crippen LogP contribution >= 0.6 is 23.2 Å². The Labute approximate surface area is 149 Å². The van der Waals surface area contributed by atoms with Crippen LogP contribution in [0.1, 0.15) is 17.2 Å². The van der Waals surface area contributed by atoms with E-state index in [1.165, 1.54) is 0 Å². The van der Waals surface area contributed by atoms with Crippen LogP contribution in [0.3, 0.4) is 0 Å². The molecule has 3 aromatic rings. The van der Waals surface area contributed by atoms with Crippen molar-refractivity contribution < 1.29 is 4.79 Å². The van der Waals surface area contributed by atoms with E-state index in [4.69, 9.17) is 23.2 Å². The average molecular weight is 357 g/mol. The summed E-state index contributed by atoms with van der Waals surface area (Å²) in [6.07, 6.45) is 2.48. The molecule has 1 aromatic heterocycles. The number of hydrogen-bond acceptors (Lipinski definition) is 1. The van der Waals surface area contributed by atoms with E-state index in [1.54, 1.807) is 23.1 Å². The smallest absolute Gasteiger partial charge is 0.239 e. The molecule has 0 spiro atoms. The quantitative estimate of drug-likeness (QED) is 0.676. The number of anilines is 2. The summed E-state index contributed by atoms with van der Waals surface area (Å²) in [6.45, 7) is 0. The Morgan fingerprint density at radius 2 is 1.71 bits per heavy atom. The van der Waals surface area contributed by atoms with Gasteiger partial charge >= 0.3 is 0 Å². The highest BCUT2D eigenvalue weighted by Crippen LogP contribution is 2.47. The molecule has 1 aliphatic rings. The molecule has 0 bridgehead atoms. The first-order chi connectivity index (χ1) is 11.7. The van der Waals surface area contributed by atoms with Crippen LogP contribution < -0.4 is 4.90 Å². The van der Waals surface area contributed by atoms with Gasteiger partial charge in [-0.3, -0.25) is 9.69 Å². The molecule has 2 aromatic carbocycles. The first kappa shape index (κ1) is 15.3. The Bertz CT molecular complexity index is 885. The summed E-state index contributed by atoms with van der Waals surface area (Å²) in [5, 5.41) is 0.928. The first-order valence-corrected chi connectivity index (χ1v) is 8.41. The standard InChI is InChI=1S/C19H14Cl2N2O/c20-15-7-3-8-16(21)18(15)23-17-9-2-1-6-13(17)14(19(23)24)11-12-5-4-10-22-12/h1-10,14,22H,11H2. The van der Waals surface area contributed by atoms with E-state index in [9.17, 15) is 4.79 Å². The highest BCUT2D eigenvalue weighted by atomic mass is 35.5. The Hall–Kier alpha value is -2.23. The van der Waals surface area contributed by atoms with E-state index in [0.29, 0.717) is 22.2 Å². The van der Waals surface area contributed by atoms with Gasteiger partial charge in [-0.15, -0.1) is 0 Å². The second kappa shape index (κ2) is 6.00. The first-order valence-electron chi connectivity index (χ1n) is 7.66. The summed E-state index contributed by atoms with van der Waals surface area (Å²) < 4.78 is 0. The molecule has 1 amide bonds. The number of fused-ring (bicyclic) bond motifs is 1. The van der Waals surface area contributed by atoms with E-state index in [0.717, 1.165) is 16.9 Å². The van der Waals surface area contributed by atoms with Crippen LogP contribution in [0.25, 0.3) is 0 Å². The second-order valence-corrected chi connectivity index (χ2v) is 6.57. The van der Waals surface area contributed by atoms with E-state index in [2.05, 4.69) is 4.98 Å². The number of hydrogen-bond donors (Lipinski definition) is 1. The third-order valence-electron chi connectivity index (χ3n) is 4.32. The molecule has 2 heterocycles. The van der Waals surface area contributed by atoms with Gasteiger partial charge in [0.25, 0.3) is 0 Å². The average Bonchev–Trinajstić information content (AvgIpc) is 3.17. The van der Waals surface area contributed by atoms with Crippen LogP contribution in [0.4, 0.5) is 11.4 Å². The van der Waals surface area contributed by atoms with Crippen LogP contribution in [-0.4, -0.2) is 10.9 Å². The molecule has 5 heteroatoms. The van der Waals surface area contributed by atoms with Crippen molar-refractivity contribution in [3.8, 4) is 0 Å². The molecule has 24 heavy (non-hydrogen) atoms. The van der Waals surface area contributed by atoms with E-state index in [1.807, 2.05) is 42.6 Å². The predicted molar refractivity (Wildman–Crippen MR) is 97.3 cm³/mol. The van der Waals surface area contributed by atoms with Gasteiger partial charge < -0.3 is 4.98 Å². The fourth-order valence-electron chi connectivity index (χ4n) is 3.24. The molecule has 0 fully saturated rings. The van der Waals surface area contributed by atoms with Crippen molar-refractivity contribution in [1.29, 1.82) is 0 Å².